The van der Waals surface area contributed by atoms with Crippen LogP contribution in [0.4, 0.5) is 105 Å². The molecule has 0 aromatic heterocycles. The number of para-hydroxylation sites is 4. The molecular weight excluding hydrogens is 1650 g/mol. The van der Waals surface area contributed by atoms with Crippen LogP contribution in [0.1, 0.15) is 83.0 Å². The first-order chi connectivity index (χ1) is 57.6. The summed E-state index contributed by atoms with van der Waals surface area (Å²) < 4.78 is 375. The zero-order valence-corrected chi connectivity index (χ0v) is 62.9. The van der Waals surface area contributed by atoms with E-state index in [1.165, 1.54) is 72.8 Å². The molecule has 14 aromatic rings. The van der Waals surface area contributed by atoms with Crippen molar-refractivity contribution in [1.82, 2.24) is 0 Å². The fourth-order valence-electron chi connectivity index (χ4n) is 15.9. The zero-order valence-electron chi connectivity index (χ0n) is 62.9. The third-order valence-electron chi connectivity index (χ3n) is 21.2. The highest BCUT2D eigenvalue weighted by molar-refractivity contribution is 6.29. The van der Waals surface area contributed by atoms with E-state index in [-0.39, 0.29) is 161 Å². The lowest BCUT2D eigenvalue weighted by Gasteiger charge is -2.25. The van der Waals surface area contributed by atoms with Crippen LogP contribution < -0.4 is 18.9 Å². The van der Waals surface area contributed by atoms with Gasteiger partial charge in [0, 0.05) is 22.3 Å². The molecule has 8 bridgehead atoms. The van der Waals surface area contributed by atoms with E-state index in [9.17, 15) is 105 Å². The van der Waals surface area contributed by atoms with E-state index in [4.69, 9.17) is 18.9 Å². The van der Waals surface area contributed by atoms with Crippen molar-refractivity contribution in [2.75, 3.05) is 26.4 Å². The molecule has 0 aliphatic carbocycles. The number of benzene rings is 14. The van der Waals surface area contributed by atoms with Gasteiger partial charge in [-0.2, -0.15) is 105 Å². The smallest absolute Gasteiger partial charge is 0.416 e. The predicted octanol–water partition coefficient (Wildman–Crippen LogP) is 31.4. The van der Waals surface area contributed by atoms with E-state index in [0.717, 1.165) is 0 Å². The van der Waals surface area contributed by atoms with Gasteiger partial charge in [0.05, 0.1) is 70.9 Å². The van der Waals surface area contributed by atoms with Crippen LogP contribution in [0.3, 0.4) is 0 Å². The predicted molar refractivity (Wildman–Crippen MR) is 416 cm³/mol. The van der Waals surface area contributed by atoms with Gasteiger partial charge in [-0.3, -0.25) is 0 Å². The number of rotatable bonds is 4. The lowest BCUT2D eigenvalue weighted by atomic mass is 9.80. The maximum Gasteiger partial charge on any atom is 0.416 e. The van der Waals surface area contributed by atoms with Gasteiger partial charge in [-0.1, -0.05) is 146 Å². The van der Waals surface area contributed by atoms with Crippen LogP contribution in [-0.2, 0) is 49.4 Å². The molecule has 16 rings (SSSR count). The minimum absolute atomic E-state index is 0.0198. The Morgan fingerprint density at radius 3 is 0.508 bits per heavy atom. The Hall–Kier alpha value is -12.4. The van der Waals surface area contributed by atoms with Crippen molar-refractivity contribution < 1.29 is 124 Å². The summed E-state index contributed by atoms with van der Waals surface area (Å²) in [7, 11) is 0. The van der Waals surface area contributed by atoms with Crippen LogP contribution in [0.5, 0.6) is 23.0 Å². The molecule has 2 aliphatic rings. The monoisotopic (exact) mass is 1710 g/mol. The average molecular weight is 1710 g/mol. The van der Waals surface area contributed by atoms with Gasteiger partial charge in [0.2, 0.25) is 0 Å². The average Bonchev–Trinajstić information content (AvgIpc) is 0.829. The summed E-state index contributed by atoms with van der Waals surface area (Å²) in [6, 6.07) is 47.7. The molecule has 628 valence electrons. The Morgan fingerprint density at radius 2 is 0.336 bits per heavy atom. The van der Waals surface area contributed by atoms with Gasteiger partial charge in [0.25, 0.3) is 0 Å². The summed E-state index contributed by atoms with van der Waals surface area (Å²) >= 11 is 0. The number of ether oxygens (including phenoxy) is 4. The van der Waals surface area contributed by atoms with Crippen molar-refractivity contribution in [2.45, 2.75) is 87.9 Å². The standard InChI is InChI=1S/2C47H30F12O2/c2*48-44(49,50)28-20-26(21-29(24-28)45(51,52)53)40-37-15-9-13-35-33-11-3-5-17-39(33)61-19-7-1-6-18-60-38-16-4-2-10-32(38)34-12-8-14-36(42(34)40)41(43(35)37)27-22-30(46(54,55)56)25-31(23-27)47(57,58)59/h2*2-5,8-17,20-25H,1,6-7,18-19H2. The molecule has 0 saturated heterocycles. The van der Waals surface area contributed by atoms with Crippen molar-refractivity contribution in [2.24, 2.45) is 0 Å². The van der Waals surface area contributed by atoms with Gasteiger partial charge in [0.15, 0.2) is 0 Å². The summed E-state index contributed by atoms with van der Waals surface area (Å²) in [4.78, 5) is 0. The highest BCUT2D eigenvalue weighted by atomic mass is 19.4. The quantitative estimate of drug-likeness (QED) is 0.130. The highest BCUT2D eigenvalue weighted by Crippen LogP contribution is 2.58. The summed E-state index contributed by atoms with van der Waals surface area (Å²) in [5, 5.41) is -0.467. The normalized spacial score (nSPS) is 14.2. The molecule has 0 saturated carbocycles. The first kappa shape index (κ1) is 84.7. The fourth-order valence-corrected chi connectivity index (χ4v) is 15.9. The zero-order chi connectivity index (χ0) is 87.0. The molecule has 0 N–H and O–H groups in total. The molecule has 0 radical (unpaired) electrons. The Labute approximate surface area is 678 Å². The van der Waals surface area contributed by atoms with Crippen LogP contribution in [0, 0.1) is 0 Å². The fraction of sp³-hybridized carbons (Fsp3) is 0.191. The number of hydrogen-bond acceptors (Lipinski definition) is 4. The van der Waals surface area contributed by atoms with Gasteiger partial charge >= 0.3 is 49.4 Å². The van der Waals surface area contributed by atoms with Crippen molar-refractivity contribution in [3.8, 4) is 112 Å². The van der Waals surface area contributed by atoms with Gasteiger partial charge in [-0.25, -0.2) is 0 Å². The largest absolute Gasteiger partial charge is 0.493 e. The molecule has 4 nitrogen and oxygen atoms in total. The maximum absolute atomic E-state index is 14.6. The van der Waals surface area contributed by atoms with Crippen LogP contribution in [0.25, 0.3) is 132 Å². The van der Waals surface area contributed by atoms with Gasteiger partial charge < -0.3 is 18.9 Å². The maximum atomic E-state index is 14.6. The van der Waals surface area contributed by atoms with Gasteiger partial charge in [-0.15, -0.1) is 0 Å². The summed E-state index contributed by atoms with van der Waals surface area (Å²) in [5.74, 6) is 1.07. The Kier molecular flexibility index (Phi) is 22.4. The minimum Gasteiger partial charge on any atom is -0.493 e. The van der Waals surface area contributed by atoms with Crippen LogP contribution in [-0.4, -0.2) is 26.4 Å². The molecule has 0 spiro atoms. The number of fused-ring (bicyclic) bond motifs is 8. The Morgan fingerprint density at radius 1 is 0.172 bits per heavy atom. The van der Waals surface area contributed by atoms with Crippen molar-refractivity contribution in [3.63, 3.8) is 0 Å². The van der Waals surface area contributed by atoms with Gasteiger partial charge in [0.1, 0.15) is 23.0 Å². The summed E-state index contributed by atoms with van der Waals surface area (Å²) in [5.41, 5.74) is -14.1. The molecule has 122 heavy (non-hydrogen) atoms. The molecule has 0 fully saturated rings. The van der Waals surface area contributed by atoms with Gasteiger partial charge in [-0.05, 0) is 245 Å². The second kappa shape index (κ2) is 32.2. The van der Waals surface area contributed by atoms with E-state index in [2.05, 4.69) is 0 Å². The van der Waals surface area contributed by atoms with E-state index < -0.39 is 116 Å². The lowest BCUT2D eigenvalue weighted by molar-refractivity contribution is -0.144. The van der Waals surface area contributed by atoms with E-state index >= 15 is 0 Å². The first-order valence-corrected chi connectivity index (χ1v) is 37.7. The molecule has 2 aliphatic heterocycles. The van der Waals surface area contributed by atoms with Crippen LogP contribution in [0.2, 0.25) is 0 Å². The molecule has 0 unspecified atom stereocenters. The molecule has 0 atom stereocenters. The molecule has 14 aromatic carbocycles. The first-order valence-electron chi connectivity index (χ1n) is 37.7. The Bertz CT molecular complexity index is 5470. The number of halogens is 24. The van der Waals surface area contributed by atoms with Crippen molar-refractivity contribution in [1.29, 1.82) is 0 Å². The molecule has 2 heterocycles. The van der Waals surface area contributed by atoms with E-state index in [1.807, 2.05) is 0 Å². The van der Waals surface area contributed by atoms with Crippen LogP contribution >= 0.6 is 0 Å². The molecule has 0 amide bonds. The van der Waals surface area contributed by atoms with E-state index in [0.29, 0.717) is 109 Å². The number of hydrogen-bond donors (Lipinski definition) is 0. The third kappa shape index (κ3) is 17.1. The Balaban J connectivity index is 0.000000190. The summed E-state index contributed by atoms with van der Waals surface area (Å²) in [6.07, 6.45) is -38.6. The SMILES string of the molecule is FC(F)(F)c1cc(-c2c3cccc4c3c(-c3cc(C(F)(F)F)cc(C(F)(F)F)c3)c3cccc(c23)-c2ccccc2OCCCCCOc2ccccc2-4)cc(C(F)(F)F)c1.FC(F)(F)c1cc(-c2c3cccc4c3c(-c3cc(C(F)(F)F)cc(C(F)(F)F)c3)c3cccc(c23)-c2ccccc2OCCCCCOc2ccccc2-4)cc(C(F)(F)F)c1. The number of alkyl halides is 24. The second-order valence-corrected chi connectivity index (χ2v) is 29.1. The summed E-state index contributed by atoms with van der Waals surface area (Å²) in [6.45, 7) is 0.756. The van der Waals surface area contributed by atoms with Crippen molar-refractivity contribution in [3.05, 3.63) is 287 Å². The lowest BCUT2D eigenvalue weighted by Crippen LogP contribution is -2.11. The molecular formula is C94H60F24O4. The second-order valence-electron chi connectivity index (χ2n) is 29.1. The van der Waals surface area contributed by atoms with E-state index in [1.54, 1.807) is 97.1 Å². The van der Waals surface area contributed by atoms with Crippen molar-refractivity contribution >= 4 is 43.1 Å². The molecule has 28 heteroatoms. The topological polar surface area (TPSA) is 36.9 Å². The third-order valence-corrected chi connectivity index (χ3v) is 21.2. The van der Waals surface area contributed by atoms with Crippen LogP contribution in [0.15, 0.2) is 243 Å². The highest BCUT2D eigenvalue weighted by Gasteiger charge is 2.44. The minimum atomic E-state index is -5.27.